The van der Waals surface area contributed by atoms with E-state index >= 15 is 0 Å². The summed E-state index contributed by atoms with van der Waals surface area (Å²) in [7, 11) is 0. The molecule has 0 amide bonds. The SMILES string of the molecule is c1ccc2c(c1)NC[C@@H]1C2=NO[C@H]1CN1CCN(Cc2cccc3ccccc23)CC1. The highest BCUT2D eigenvalue weighted by Gasteiger charge is 2.39. The minimum atomic E-state index is 0.139. The van der Waals surface area contributed by atoms with Crippen molar-refractivity contribution in [1.82, 2.24) is 9.80 Å². The van der Waals surface area contributed by atoms with Gasteiger partial charge >= 0.3 is 0 Å². The molecule has 3 aliphatic rings. The molecule has 1 fully saturated rings. The van der Waals surface area contributed by atoms with Crippen molar-refractivity contribution in [3.63, 3.8) is 0 Å². The first kappa shape index (κ1) is 18.8. The normalized spacial score (nSPS) is 23.5. The van der Waals surface area contributed by atoms with Gasteiger partial charge in [0, 0.05) is 57.1 Å². The maximum Gasteiger partial charge on any atom is 0.150 e. The molecule has 6 rings (SSSR count). The van der Waals surface area contributed by atoms with E-state index in [0.717, 1.165) is 51.5 Å². The van der Waals surface area contributed by atoms with Crippen LogP contribution >= 0.6 is 0 Å². The molecule has 5 heteroatoms. The number of nitrogens with zero attached hydrogens (tertiary/aromatic N) is 3. The molecule has 0 saturated carbocycles. The van der Waals surface area contributed by atoms with Crippen molar-refractivity contribution in [3.8, 4) is 0 Å². The van der Waals surface area contributed by atoms with E-state index in [4.69, 9.17) is 4.84 Å². The molecule has 5 nitrogen and oxygen atoms in total. The van der Waals surface area contributed by atoms with Gasteiger partial charge < -0.3 is 10.2 Å². The standard InChI is InChI=1S/C26H28N4O/c1-2-9-21-19(6-1)7-5-8-20(21)17-29-12-14-30(15-13-29)18-25-23-16-27-24-11-4-3-10-22(24)26(23)28-31-25/h1-11,23,25,27H,12-18H2/t23-,25-/m0/s1. The number of hydrogen-bond donors (Lipinski definition) is 1. The summed E-state index contributed by atoms with van der Waals surface area (Å²) in [4.78, 5) is 11.0. The van der Waals surface area contributed by atoms with Gasteiger partial charge in [-0.1, -0.05) is 65.8 Å². The molecule has 0 aromatic heterocycles. The first-order chi connectivity index (χ1) is 15.3. The molecule has 1 saturated heterocycles. The van der Waals surface area contributed by atoms with Crippen LogP contribution in [-0.2, 0) is 11.4 Å². The quantitative estimate of drug-likeness (QED) is 0.708. The predicted molar refractivity (Wildman–Crippen MR) is 125 cm³/mol. The Kier molecular flexibility index (Phi) is 4.85. The number of rotatable bonds is 4. The third-order valence-corrected chi connectivity index (χ3v) is 6.98. The van der Waals surface area contributed by atoms with E-state index < -0.39 is 0 Å². The van der Waals surface area contributed by atoms with Gasteiger partial charge in [-0.3, -0.25) is 9.80 Å². The minimum absolute atomic E-state index is 0.139. The van der Waals surface area contributed by atoms with Gasteiger partial charge in [0.2, 0.25) is 0 Å². The van der Waals surface area contributed by atoms with Gasteiger partial charge in [0.05, 0.1) is 11.6 Å². The molecule has 1 N–H and O–H groups in total. The van der Waals surface area contributed by atoms with E-state index in [2.05, 4.69) is 87.0 Å². The molecule has 0 radical (unpaired) electrons. The molecule has 2 atom stereocenters. The monoisotopic (exact) mass is 412 g/mol. The zero-order chi connectivity index (χ0) is 20.6. The van der Waals surface area contributed by atoms with E-state index in [-0.39, 0.29) is 6.10 Å². The zero-order valence-electron chi connectivity index (χ0n) is 17.7. The van der Waals surface area contributed by atoms with E-state index in [1.54, 1.807) is 0 Å². The van der Waals surface area contributed by atoms with Gasteiger partial charge in [0.1, 0.15) is 6.10 Å². The smallest absolute Gasteiger partial charge is 0.150 e. The third kappa shape index (κ3) is 3.58. The Morgan fingerprint density at radius 1 is 0.871 bits per heavy atom. The zero-order valence-corrected chi connectivity index (χ0v) is 17.7. The van der Waals surface area contributed by atoms with E-state index in [9.17, 15) is 0 Å². The summed E-state index contributed by atoms with van der Waals surface area (Å²) in [6.45, 7) is 7.22. The van der Waals surface area contributed by atoms with Crippen LogP contribution in [-0.4, -0.2) is 60.9 Å². The van der Waals surface area contributed by atoms with Crippen LogP contribution in [0.4, 0.5) is 5.69 Å². The molecule has 31 heavy (non-hydrogen) atoms. The van der Waals surface area contributed by atoms with Gasteiger partial charge in [-0.2, -0.15) is 0 Å². The Hall–Kier alpha value is -2.89. The van der Waals surface area contributed by atoms with Crippen LogP contribution in [0.15, 0.2) is 71.9 Å². The lowest BCUT2D eigenvalue weighted by atomic mass is 9.88. The summed E-state index contributed by atoms with van der Waals surface area (Å²) < 4.78 is 0. The molecule has 3 aliphatic heterocycles. The van der Waals surface area contributed by atoms with Crippen LogP contribution < -0.4 is 5.32 Å². The molecule has 3 aromatic rings. The second-order valence-electron chi connectivity index (χ2n) is 8.87. The predicted octanol–water partition coefficient (Wildman–Crippen LogP) is 3.80. The molecule has 0 spiro atoms. The van der Waals surface area contributed by atoms with Gasteiger partial charge in [-0.25, -0.2) is 0 Å². The van der Waals surface area contributed by atoms with Crippen molar-refractivity contribution in [2.45, 2.75) is 12.6 Å². The molecular weight excluding hydrogens is 384 g/mol. The van der Waals surface area contributed by atoms with Gasteiger partial charge in [0.25, 0.3) is 0 Å². The molecule has 0 aliphatic carbocycles. The van der Waals surface area contributed by atoms with Crippen molar-refractivity contribution in [2.75, 3.05) is 44.6 Å². The number of piperazine rings is 1. The highest BCUT2D eigenvalue weighted by molar-refractivity contribution is 6.08. The van der Waals surface area contributed by atoms with Crippen LogP contribution in [0.25, 0.3) is 10.8 Å². The maximum absolute atomic E-state index is 5.92. The highest BCUT2D eigenvalue weighted by atomic mass is 16.6. The Labute approximate surface area is 183 Å². The summed E-state index contributed by atoms with van der Waals surface area (Å²) in [5.74, 6) is 0.337. The topological polar surface area (TPSA) is 40.1 Å². The van der Waals surface area contributed by atoms with Crippen molar-refractivity contribution in [2.24, 2.45) is 11.1 Å². The number of nitrogens with one attached hydrogen (secondary N) is 1. The second-order valence-corrected chi connectivity index (χ2v) is 8.87. The van der Waals surface area contributed by atoms with Gasteiger partial charge in [-0.05, 0) is 22.4 Å². The number of fused-ring (bicyclic) bond motifs is 4. The molecule has 0 bridgehead atoms. The number of oxime groups is 1. The Morgan fingerprint density at radius 2 is 1.65 bits per heavy atom. The lowest BCUT2D eigenvalue weighted by Gasteiger charge is -2.36. The summed E-state index contributed by atoms with van der Waals surface area (Å²) in [6.07, 6.45) is 0.139. The van der Waals surface area contributed by atoms with Crippen molar-refractivity contribution < 1.29 is 4.84 Å². The fourth-order valence-corrected chi connectivity index (χ4v) is 5.22. The summed E-state index contributed by atoms with van der Waals surface area (Å²) in [5.41, 5.74) is 4.91. The number of benzene rings is 3. The van der Waals surface area contributed by atoms with E-state index in [1.807, 2.05) is 0 Å². The molecule has 0 unspecified atom stereocenters. The van der Waals surface area contributed by atoms with Crippen LogP contribution in [0.5, 0.6) is 0 Å². The van der Waals surface area contributed by atoms with Gasteiger partial charge in [-0.15, -0.1) is 0 Å². The number of anilines is 1. The van der Waals surface area contributed by atoms with Crippen LogP contribution in [0.2, 0.25) is 0 Å². The highest BCUT2D eigenvalue weighted by Crippen LogP contribution is 2.32. The largest absolute Gasteiger partial charge is 0.390 e. The Morgan fingerprint density at radius 3 is 2.58 bits per heavy atom. The number of para-hydroxylation sites is 1. The fourth-order valence-electron chi connectivity index (χ4n) is 5.22. The Balaban J connectivity index is 1.06. The molecule has 158 valence electrons. The first-order valence-electron chi connectivity index (χ1n) is 11.3. The van der Waals surface area contributed by atoms with Crippen molar-refractivity contribution in [3.05, 3.63) is 77.9 Å². The average Bonchev–Trinajstić information content (AvgIpc) is 3.24. The summed E-state index contributed by atoms with van der Waals surface area (Å²) in [5, 5.41) is 10.8. The second kappa shape index (κ2) is 7.98. The average molecular weight is 413 g/mol. The summed E-state index contributed by atoms with van der Waals surface area (Å²) >= 11 is 0. The lowest BCUT2D eigenvalue weighted by molar-refractivity contribution is 0.0184. The maximum atomic E-state index is 5.92. The van der Waals surface area contributed by atoms with Crippen LogP contribution in [0.1, 0.15) is 11.1 Å². The van der Waals surface area contributed by atoms with Crippen molar-refractivity contribution in [1.29, 1.82) is 0 Å². The van der Waals surface area contributed by atoms with Crippen molar-refractivity contribution >= 4 is 22.2 Å². The van der Waals surface area contributed by atoms with E-state index in [0.29, 0.717) is 5.92 Å². The lowest BCUT2D eigenvalue weighted by Crippen LogP contribution is -2.50. The Bertz CT molecular complexity index is 1110. The van der Waals surface area contributed by atoms with E-state index in [1.165, 1.54) is 27.6 Å². The molecular formula is C26H28N4O. The third-order valence-electron chi connectivity index (χ3n) is 6.98. The molecule has 3 aromatic carbocycles. The van der Waals surface area contributed by atoms with Crippen LogP contribution in [0.3, 0.4) is 0 Å². The molecule has 3 heterocycles. The van der Waals surface area contributed by atoms with Gasteiger partial charge in [0.15, 0.2) is 0 Å². The summed E-state index contributed by atoms with van der Waals surface area (Å²) in [6, 6.07) is 23.8. The minimum Gasteiger partial charge on any atom is -0.390 e. The number of hydrogen-bond acceptors (Lipinski definition) is 5. The first-order valence-corrected chi connectivity index (χ1v) is 11.3. The fraction of sp³-hybridized carbons (Fsp3) is 0.346. The van der Waals surface area contributed by atoms with Crippen LogP contribution in [0, 0.1) is 5.92 Å².